The van der Waals surface area contributed by atoms with Gasteiger partial charge in [0.15, 0.2) is 5.78 Å². The lowest BCUT2D eigenvalue weighted by atomic mass is 9.95. The molecule has 10 nitrogen and oxygen atoms in total. The zero-order valence-corrected chi connectivity index (χ0v) is 20.3. The number of amides is 4. The number of halogens is 1. The minimum Gasteiger partial charge on any atom is -0.479 e. The molecule has 2 fully saturated rings. The number of rotatable bonds is 10. The Labute approximate surface area is 208 Å². The fourth-order valence-corrected chi connectivity index (χ4v) is 4.43. The number of hydrogen-bond donors (Lipinski definition) is 4. The van der Waals surface area contributed by atoms with E-state index in [-0.39, 0.29) is 23.8 Å². The number of carboxylic acids is 1. The highest BCUT2D eigenvalue weighted by Crippen LogP contribution is 2.44. The molecule has 1 aliphatic carbocycles. The lowest BCUT2D eigenvalue weighted by molar-refractivity contribution is -0.145. The van der Waals surface area contributed by atoms with Crippen molar-refractivity contribution >= 4 is 29.6 Å². The molecule has 1 aliphatic heterocycles. The fraction of sp³-hybridized carbons (Fsp3) is 0.480. The van der Waals surface area contributed by atoms with Crippen molar-refractivity contribution in [2.45, 2.75) is 50.7 Å². The number of carboxylic acid groups (broad SMARTS) is 1. The molecule has 4 atom stereocenters. The lowest BCUT2D eigenvalue weighted by Gasteiger charge is -2.26. The van der Waals surface area contributed by atoms with E-state index in [1.54, 1.807) is 13.8 Å². The molecule has 0 aromatic heterocycles. The van der Waals surface area contributed by atoms with Gasteiger partial charge >= 0.3 is 12.0 Å². The number of hydrogen-bond acceptors (Lipinski definition) is 5. The molecule has 3 rings (SSSR count). The van der Waals surface area contributed by atoms with Crippen LogP contribution in [0.25, 0.3) is 0 Å². The summed E-state index contributed by atoms with van der Waals surface area (Å²) in [4.78, 5) is 63.8. The number of nitrogens with one attached hydrogen (secondary N) is 3. The number of likely N-dealkylation sites (tertiary alicyclic amines) is 1. The first-order chi connectivity index (χ1) is 17.0. The summed E-state index contributed by atoms with van der Waals surface area (Å²) < 4.78 is 13.2. The topological polar surface area (TPSA) is 145 Å². The molecule has 1 unspecified atom stereocenters. The molecule has 36 heavy (non-hydrogen) atoms. The van der Waals surface area contributed by atoms with Crippen LogP contribution in [0.5, 0.6) is 0 Å². The first-order valence-electron chi connectivity index (χ1n) is 11.8. The van der Waals surface area contributed by atoms with Crippen molar-refractivity contribution in [3.8, 4) is 0 Å². The van der Waals surface area contributed by atoms with Crippen molar-refractivity contribution in [3.05, 3.63) is 48.3 Å². The number of urea groups is 1. The van der Waals surface area contributed by atoms with Crippen molar-refractivity contribution < 1.29 is 33.5 Å². The molecule has 0 radical (unpaired) electrons. The Kier molecular flexibility index (Phi) is 8.11. The van der Waals surface area contributed by atoms with E-state index in [9.17, 15) is 33.5 Å². The van der Waals surface area contributed by atoms with E-state index in [2.05, 4.69) is 22.5 Å². The summed E-state index contributed by atoms with van der Waals surface area (Å²) in [6.07, 6.45) is 2.66. The molecular formula is C25H31FN4O6. The highest BCUT2D eigenvalue weighted by atomic mass is 19.1. The summed E-state index contributed by atoms with van der Waals surface area (Å²) in [5, 5.41) is 17.1. The second kappa shape index (κ2) is 10.9. The summed E-state index contributed by atoms with van der Waals surface area (Å²) in [7, 11) is 0. The van der Waals surface area contributed by atoms with Crippen LogP contribution in [-0.2, 0) is 14.4 Å². The summed E-state index contributed by atoms with van der Waals surface area (Å²) in [5.74, 6) is -3.74. The van der Waals surface area contributed by atoms with Gasteiger partial charge in [-0.3, -0.25) is 14.4 Å². The average Bonchev–Trinajstić information content (AvgIpc) is 3.33. The van der Waals surface area contributed by atoms with Crippen molar-refractivity contribution in [2.24, 2.45) is 11.8 Å². The third kappa shape index (κ3) is 5.72. The third-order valence-corrected chi connectivity index (χ3v) is 6.67. The van der Waals surface area contributed by atoms with E-state index >= 15 is 0 Å². The predicted molar refractivity (Wildman–Crippen MR) is 127 cm³/mol. The van der Waals surface area contributed by atoms with Crippen molar-refractivity contribution in [1.82, 2.24) is 20.9 Å². The van der Waals surface area contributed by atoms with Crippen LogP contribution >= 0.6 is 0 Å². The molecule has 2 aliphatic rings. The molecule has 1 aromatic carbocycles. The van der Waals surface area contributed by atoms with Crippen LogP contribution in [0.2, 0.25) is 0 Å². The summed E-state index contributed by atoms with van der Waals surface area (Å²) >= 11 is 0. The van der Waals surface area contributed by atoms with Crippen LogP contribution in [0.15, 0.2) is 36.9 Å². The molecule has 1 heterocycles. The SMILES string of the molecule is C=CC1C[C@]1(NC(=O)[C@@H]1CCCN1C(=O)CNC(=O)N[C@H](C(=O)c1ccc(F)cc1)C(C)C)C(=O)O. The van der Waals surface area contributed by atoms with Crippen LogP contribution in [0.3, 0.4) is 0 Å². The number of carbonyl (C=O) groups is 5. The van der Waals surface area contributed by atoms with E-state index in [0.717, 1.165) is 12.1 Å². The Morgan fingerprint density at radius 2 is 1.89 bits per heavy atom. The predicted octanol–water partition coefficient (Wildman–Crippen LogP) is 1.47. The van der Waals surface area contributed by atoms with E-state index in [1.807, 2.05) is 0 Å². The molecule has 1 saturated carbocycles. The maximum absolute atomic E-state index is 13.2. The van der Waals surface area contributed by atoms with Crippen LogP contribution in [0.4, 0.5) is 9.18 Å². The van der Waals surface area contributed by atoms with Gasteiger partial charge in [0.25, 0.3) is 0 Å². The van der Waals surface area contributed by atoms with Crippen molar-refractivity contribution in [1.29, 1.82) is 0 Å². The summed E-state index contributed by atoms with van der Waals surface area (Å²) in [6, 6.07) is 2.50. The van der Waals surface area contributed by atoms with Crippen molar-refractivity contribution in [2.75, 3.05) is 13.1 Å². The average molecular weight is 503 g/mol. The first-order valence-corrected chi connectivity index (χ1v) is 11.8. The van der Waals surface area contributed by atoms with Gasteiger partial charge in [0.05, 0.1) is 12.6 Å². The maximum atomic E-state index is 13.2. The summed E-state index contributed by atoms with van der Waals surface area (Å²) in [5.41, 5.74) is -1.15. The highest BCUT2D eigenvalue weighted by Gasteiger charge is 2.61. The monoisotopic (exact) mass is 502 g/mol. The van der Waals surface area contributed by atoms with E-state index < -0.39 is 59.6 Å². The van der Waals surface area contributed by atoms with Crippen LogP contribution in [0, 0.1) is 17.7 Å². The second-order valence-electron chi connectivity index (χ2n) is 9.48. The quantitative estimate of drug-likeness (QED) is 0.282. The minimum atomic E-state index is -1.39. The molecule has 1 saturated heterocycles. The third-order valence-electron chi connectivity index (χ3n) is 6.67. The number of nitrogens with zero attached hydrogens (tertiary/aromatic N) is 1. The van der Waals surface area contributed by atoms with Crippen molar-refractivity contribution in [3.63, 3.8) is 0 Å². The standard InChI is InChI=1S/C25H31FN4O6/c1-4-16-12-25(16,23(34)35)29-22(33)18-6-5-11-30(18)19(31)13-27-24(36)28-20(14(2)3)21(32)15-7-9-17(26)10-8-15/h4,7-10,14,16,18,20H,1,5-6,11-13H2,2-3H3,(H,29,33)(H,34,35)(H2,27,28,36)/t16?,18-,20-,25+/m0/s1. The van der Waals surface area contributed by atoms with E-state index in [0.29, 0.717) is 19.4 Å². The number of benzene rings is 1. The lowest BCUT2D eigenvalue weighted by Crippen LogP contribution is -2.55. The Balaban J connectivity index is 1.56. The Hall–Kier alpha value is -3.76. The largest absolute Gasteiger partial charge is 0.479 e. The number of aliphatic carboxylic acids is 1. The molecular weight excluding hydrogens is 471 g/mol. The van der Waals surface area contributed by atoms with E-state index in [1.165, 1.54) is 23.1 Å². The van der Waals surface area contributed by atoms with Gasteiger partial charge in [0.1, 0.15) is 17.4 Å². The molecule has 0 spiro atoms. The van der Waals surface area contributed by atoms with Gasteiger partial charge in [-0.2, -0.15) is 0 Å². The molecule has 0 bridgehead atoms. The molecule has 4 amide bonds. The number of Topliss-reactive ketones (excluding diaryl/α,β-unsaturated/α-hetero) is 1. The van der Waals surface area contributed by atoms with Gasteiger partial charge < -0.3 is 26.0 Å². The van der Waals surface area contributed by atoms with Gasteiger partial charge in [0, 0.05) is 18.0 Å². The zero-order valence-electron chi connectivity index (χ0n) is 20.3. The van der Waals surface area contributed by atoms with Gasteiger partial charge in [0.2, 0.25) is 11.8 Å². The fourth-order valence-electron chi connectivity index (χ4n) is 4.43. The van der Waals surface area contributed by atoms with E-state index in [4.69, 9.17) is 0 Å². The highest BCUT2D eigenvalue weighted by molar-refractivity contribution is 6.02. The molecule has 194 valence electrons. The van der Waals surface area contributed by atoms with Gasteiger partial charge in [-0.05, 0) is 49.4 Å². The molecule has 4 N–H and O–H groups in total. The van der Waals surface area contributed by atoms with Crippen LogP contribution in [-0.4, -0.2) is 70.3 Å². The Bertz CT molecular complexity index is 1060. The zero-order chi connectivity index (χ0) is 26.6. The maximum Gasteiger partial charge on any atom is 0.330 e. The van der Waals surface area contributed by atoms with Crippen LogP contribution in [0.1, 0.15) is 43.5 Å². The van der Waals surface area contributed by atoms with Gasteiger partial charge in [-0.15, -0.1) is 6.58 Å². The smallest absolute Gasteiger partial charge is 0.330 e. The molecule has 1 aromatic rings. The normalized spacial score (nSPS) is 23.5. The number of ketones is 1. The minimum absolute atomic E-state index is 0.242. The number of carbonyl (C=O) groups excluding carboxylic acids is 4. The van der Waals surface area contributed by atoms with Crippen LogP contribution < -0.4 is 16.0 Å². The molecule has 11 heteroatoms. The Morgan fingerprint density at radius 1 is 1.22 bits per heavy atom. The van der Waals surface area contributed by atoms with Gasteiger partial charge in [-0.25, -0.2) is 14.0 Å². The summed E-state index contributed by atoms with van der Waals surface area (Å²) in [6.45, 7) is 6.96. The Morgan fingerprint density at radius 3 is 2.44 bits per heavy atom. The van der Waals surface area contributed by atoms with Gasteiger partial charge in [-0.1, -0.05) is 19.9 Å². The first kappa shape index (κ1) is 26.8. The second-order valence-corrected chi connectivity index (χ2v) is 9.48.